The van der Waals surface area contributed by atoms with E-state index in [2.05, 4.69) is 15.9 Å². The Morgan fingerprint density at radius 3 is 2.27 bits per heavy atom. The van der Waals surface area contributed by atoms with Crippen molar-refractivity contribution in [3.05, 3.63) is 69.7 Å². The minimum atomic E-state index is -0.977. The van der Waals surface area contributed by atoms with Gasteiger partial charge in [0.05, 0.1) is 17.1 Å². The Morgan fingerprint density at radius 2 is 1.73 bits per heavy atom. The number of rotatable bonds is 5. The van der Waals surface area contributed by atoms with Gasteiger partial charge in [-0.2, -0.15) is 0 Å². The lowest BCUT2D eigenvalue weighted by molar-refractivity contribution is 0.0696. The quantitative estimate of drug-likeness (QED) is 0.645. The lowest BCUT2D eigenvalue weighted by Crippen LogP contribution is -1.96. The minimum Gasteiger partial charge on any atom is -0.496 e. The summed E-state index contributed by atoms with van der Waals surface area (Å²) >= 11 is 3.34. The molecule has 0 atom stereocenters. The smallest absolute Gasteiger partial charge is 0.335 e. The van der Waals surface area contributed by atoms with Gasteiger partial charge in [0.2, 0.25) is 0 Å². The van der Waals surface area contributed by atoms with Crippen LogP contribution in [0, 0.1) is 0 Å². The maximum absolute atomic E-state index is 12.1. The molecule has 0 saturated carbocycles. The molecule has 0 spiro atoms. The Hall–Kier alpha value is -2.40. The largest absolute Gasteiger partial charge is 0.496 e. The van der Waals surface area contributed by atoms with E-state index in [0.717, 1.165) is 5.56 Å². The van der Waals surface area contributed by atoms with Gasteiger partial charge in [0.25, 0.3) is 0 Å². The van der Waals surface area contributed by atoms with Crippen molar-refractivity contribution in [3.63, 3.8) is 0 Å². The first-order valence-electron chi connectivity index (χ1n) is 6.40. The molecule has 2 rings (SSSR count). The standard InChI is InChI=1S/C17H13BrO4/c1-22-16-9-7-13(10-14(16)18)15(19)8-4-11-2-5-12(6-3-11)17(20)21/h2-10H,1H3,(H,20,21). The monoisotopic (exact) mass is 360 g/mol. The van der Waals surface area contributed by atoms with Crippen LogP contribution < -0.4 is 4.74 Å². The van der Waals surface area contributed by atoms with Gasteiger partial charge in [-0.15, -0.1) is 0 Å². The summed E-state index contributed by atoms with van der Waals surface area (Å²) in [6.45, 7) is 0. The van der Waals surface area contributed by atoms with Gasteiger partial charge in [-0.3, -0.25) is 4.79 Å². The molecule has 22 heavy (non-hydrogen) atoms. The molecule has 0 unspecified atom stereocenters. The molecule has 0 radical (unpaired) electrons. The second-order valence-corrected chi connectivity index (χ2v) is 5.33. The maximum atomic E-state index is 12.1. The molecule has 0 saturated heterocycles. The summed E-state index contributed by atoms with van der Waals surface area (Å²) in [5, 5.41) is 8.82. The summed E-state index contributed by atoms with van der Waals surface area (Å²) in [4.78, 5) is 22.9. The van der Waals surface area contributed by atoms with E-state index in [1.165, 1.54) is 18.2 Å². The number of carboxylic acids is 1. The molecule has 0 aromatic heterocycles. The van der Waals surface area contributed by atoms with Gasteiger partial charge < -0.3 is 9.84 Å². The molecule has 2 aromatic carbocycles. The van der Waals surface area contributed by atoms with E-state index in [-0.39, 0.29) is 11.3 Å². The van der Waals surface area contributed by atoms with Crippen LogP contribution in [0.4, 0.5) is 0 Å². The van der Waals surface area contributed by atoms with Crippen molar-refractivity contribution in [3.8, 4) is 5.75 Å². The molecule has 0 aliphatic carbocycles. The molecule has 1 N–H and O–H groups in total. The van der Waals surface area contributed by atoms with Crippen LogP contribution in [0.1, 0.15) is 26.3 Å². The predicted octanol–water partition coefficient (Wildman–Crippen LogP) is 4.05. The minimum absolute atomic E-state index is 0.148. The highest BCUT2D eigenvalue weighted by Crippen LogP contribution is 2.25. The molecule has 2 aromatic rings. The van der Waals surface area contributed by atoms with Crippen molar-refractivity contribution in [1.29, 1.82) is 0 Å². The van der Waals surface area contributed by atoms with Crippen LogP contribution in [0.15, 0.2) is 53.0 Å². The molecule has 0 aliphatic heterocycles. The normalized spacial score (nSPS) is 10.6. The summed E-state index contributed by atoms with van der Waals surface area (Å²) < 4.78 is 5.82. The van der Waals surface area contributed by atoms with Crippen LogP contribution in [0.5, 0.6) is 5.75 Å². The third-order valence-corrected chi connectivity index (χ3v) is 3.64. The number of methoxy groups -OCH3 is 1. The number of allylic oxidation sites excluding steroid dienone is 1. The second-order valence-electron chi connectivity index (χ2n) is 4.47. The van der Waals surface area contributed by atoms with Gasteiger partial charge in [0.1, 0.15) is 5.75 Å². The Labute approximate surface area is 136 Å². The lowest BCUT2D eigenvalue weighted by Gasteiger charge is -2.04. The molecule has 112 valence electrons. The highest BCUT2D eigenvalue weighted by Gasteiger charge is 2.06. The first kappa shape index (κ1) is 16.0. The van der Waals surface area contributed by atoms with Gasteiger partial charge in [-0.05, 0) is 57.9 Å². The number of carboxylic acid groups (broad SMARTS) is 1. The summed E-state index contributed by atoms with van der Waals surface area (Å²) in [6, 6.07) is 11.4. The molecule has 0 amide bonds. The van der Waals surface area contributed by atoms with E-state index in [9.17, 15) is 9.59 Å². The van der Waals surface area contributed by atoms with E-state index in [4.69, 9.17) is 9.84 Å². The van der Waals surface area contributed by atoms with E-state index >= 15 is 0 Å². The van der Waals surface area contributed by atoms with Gasteiger partial charge in [-0.25, -0.2) is 4.79 Å². The molecular weight excluding hydrogens is 348 g/mol. The fourth-order valence-corrected chi connectivity index (χ4v) is 2.37. The third kappa shape index (κ3) is 3.83. The van der Waals surface area contributed by atoms with Crippen LogP contribution in [-0.2, 0) is 0 Å². The number of aromatic carboxylic acids is 1. The van der Waals surface area contributed by atoms with Gasteiger partial charge >= 0.3 is 5.97 Å². The Kier molecular flexibility index (Phi) is 5.12. The fraction of sp³-hybridized carbons (Fsp3) is 0.0588. The molecular formula is C17H13BrO4. The topological polar surface area (TPSA) is 63.6 Å². The van der Waals surface area contributed by atoms with Crippen molar-refractivity contribution in [2.24, 2.45) is 0 Å². The summed E-state index contributed by atoms with van der Waals surface area (Å²) in [5.74, 6) is -0.467. The van der Waals surface area contributed by atoms with Crippen LogP contribution >= 0.6 is 15.9 Å². The highest BCUT2D eigenvalue weighted by molar-refractivity contribution is 9.10. The van der Waals surface area contributed by atoms with Crippen LogP contribution in [0.3, 0.4) is 0 Å². The Bertz CT molecular complexity index is 733. The average molecular weight is 361 g/mol. The lowest BCUT2D eigenvalue weighted by atomic mass is 10.1. The maximum Gasteiger partial charge on any atom is 0.335 e. The van der Waals surface area contributed by atoms with Crippen LogP contribution in [0.2, 0.25) is 0 Å². The number of carbonyl (C=O) groups is 2. The zero-order valence-electron chi connectivity index (χ0n) is 11.7. The number of halogens is 1. The van der Waals surface area contributed by atoms with E-state index in [1.807, 2.05) is 0 Å². The number of hydrogen-bond donors (Lipinski definition) is 1. The van der Waals surface area contributed by atoms with Gasteiger partial charge in [0.15, 0.2) is 5.78 Å². The highest BCUT2D eigenvalue weighted by atomic mass is 79.9. The van der Waals surface area contributed by atoms with Crippen molar-refractivity contribution in [1.82, 2.24) is 0 Å². The van der Waals surface area contributed by atoms with Crippen LogP contribution in [-0.4, -0.2) is 24.0 Å². The SMILES string of the molecule is COc1ccc(C(=O)C=Cc2ccc(C(=O)O)cc2)cc1Br. The molecule has 0 bridgehead atoms. The van der Waals surface area contributed by atoms with Gasteiger partial charge in [-0.1, -0.05) is 18.2 Å². The Morgan fingerprint density at radius 1 is 1.09 bits per heavy atom. The van der Waals surface area contributed by atoms with Gasteiger partial charge in [0, 0.05) is 5.56 Å². The number of ether oxygens (including phenoxy) is 1. The first-order chi connectivity index (χ1) is 10.5. The van der Waals surface area contributed by atoms with Crippen molar-refractivity contribution in [2.75, 3.05) is 7.11 Å². The van der Waals surface area contributed by atoms with Crippen LogP contribution in [0.25, 0.3) is 6.08 Å². The second kappa shape index (κ2) is 7.04. The molecule has 4 nitrogen and oxygen atoms in total. The number of hydrogen-bond acceptors (Lipinski definition) is 3. The van der Waals surface area contributed by atoms with Crippen molar-refractivity contribution < 1.29 is 19.4 Å². The fourth-order valence-electron chi connectivity index (χ4n) is 1.82. The number of ketones is 1. The Balaban J connectivity index is 2.14. The third-order valence-electron chi connectivity index (χ3n) is 3.02. The van der Waals surface area contributed by atoms with E-state index in [1.54, 1.807) is 43.5 Å². The van der Waals surface area contributed by atoms with E-state index < -0.39 is 5.97 Å². The first-order valence-corrected chi connectivity index (χ1v) is 7.20. The van der Waals surface area contributed by atoms with E-state index in [0.29, 0.717) is 15.8 Å². The predicted molar refractivity (Wildman–Crippen MR) is 87.5 cm³/mol. The molecule has 0 aliphatic rings. The molecule has 0 heterocycles. The summed E-state index contributed by atoms with van der Waals surface area (Å²) in [6.07, 6.45) is 3.09. The average Bonchev–Trinajstić information content (AvgIpc) is 2.52. The number of carbonyl (C=O) groups excluding carboxylic acids is 1. The zero-order chi connectivity index (χ0) is 16.1. The zero-order valence-corrected chi connectivity index (χ0v) is 13.3. The molecule has 0 fully saturated rings. The number of benzene rings is 2. The summed E-state index contributed by atoms with van der Waals surface area (Å²) in [7, 11) is 1.56. The van der Waals surface area contributed by atoms with Crippen molar-refractivity contribution in [2.45, 2.75) is 0 Å². The molecule has 5 heteroatoms. The van der Waals surface area contributed by atoms with Crippen molar-refractivity contribution >= 4 is 33.8 Å². The summed E-state index contributed by atoms with van der Waals surface area (Å²) in [5.41, 5.74) is 1.50.